The van der Waals surface area contributed by atoms with Crippen LogP contribution in [0.2, 0.25) is 0 Å². The number of unbranched alkanes of at least 4 members (excludes halogenated alkanes) is 18. The Bertz CT molecular complexity index is 681. The second-order valence-electron chi connectivity index (χ2n) is 13.9. The van der Waals surface area contributed by atoms with Crippen LogP contribution in [0.4, 0.5) is 0 Å². The summed E-state index contributed by atoms with van der Waals surface area (Å²) < 4.78 is 17.4. The molecule has 0 amide bonds. The summed E-state index contributed by atoms with van der Waals surface area (Å²) in [6, 6.07) is 0. The van der Waals surface area contributed by atoms with E-state index in [1.807, 2.05) is 0 Å². The summed E-state index contributed by atoms with van der Waals surface area (Å²) in [4.78, 5) is 0. The number of hydrogen-bond acceptors (Lipinski definition) is 11. The third-order valence-corrected chi connectivity index (χ3v) is 9.71. The molecule has 0 radical (unpaired) electrons. The van der Waals surface area contributed by atoms with Crippen molar-refractivity contribution in [2.75, 3.05) is 26.2 Å². The van der Waals surface area contributed by atoms with Gasteiger partial charge in [-0.25, -0.2) is 0 Å². The van der Waals surface area contributed by atoms with Crippen LogP contribution < -0.4 is 10.6 Å². The van der Waals surface area contributed by atoms with Crippen molar-refractivity contribution in [1.82, 2.24) is 10.6 Å². The van der Waals surface area contributed by atoms with E-state index in [0.29, 0.717) is 0 Å². The zero-order valence-corrected chi connectivity index (χ0v) is 29.7. The van der Waals surface area contributed by atoms with Crippen molar-refractivity contribution in [3.8, 4) is 0 Å². The molecule has 0 aliphatic carbocycles. The number of rotatable bonds is 28. The zero-order valence-electron chi connectivity index (χ0n) is 29.7. The molecule has 0 aromatic rings. The lowest BCUT2D eigenvalue weighted by atomic mass is 9.97. The van der Waals surface area contributed by atoms with Gasteiger partial charge >= 0.3 is 0 Å². The van der Waals surface area contributed by atoms with Gasteiger partial charge in [-0.3, -0.25) is 0 Å². The van der Waals surface area contributed by atoms with Gasteiger partial charge in [-0.1, -0.05) is 129 Å². The molecule has 2 fully saturated rings. The molecule has 11 heteroatoms. The Labute approximate surface area is 285 Å². The Morgan fingerprint density at radius 2 is 0.702 bits per heavy atom. The van der Waals surface area contributed by atoms with E-state index in [-0.39, 0.29) is 13.1 Å². The molecule has 0 saturated carbocycles. The summed E-state index contributed by atoms with van der Waals surface area (Å²) >= 11 is 0. The van der Waals surface area contributed by atoms with Gasteiger partial charge < -0.3 is 55.5 Å². The maximum absolute atomic E-state index is 10.6. The van der Waals surface area contributed by atoms with Crippen LogP contribution in [0.15, 0.2) is 0 Å². The summed E-state index contributed by atoms with van der Waals surface area (Å²) in [6.07, 6.45) is 11.3. The van der Waals surface area contributed by atoms with Crippen molar-refractivity contribution in [3.63, 3.8) is 0 Å². The molecular weight excluding hydrogens is 604 g/mol. The standard InChI is InChI=1S/C36H72N2O9/c1-3-5-7-9-11-13-15-17-19-21-23-37-25-27-29(39)31(41)33(43)35(45-27)47-36-34(44)32(42)30(40)28(46-36)26-38-24-22-20-18-16-14-12-10-8-6-4-2/h27-44H,3-26H2,1-2H3/t27-,28-,29-,30-,31+,32+,33-,34-,35-,36-/m1/s1. The van der Waals surface area contributed by atoms with E-state index in [0.717, 1.165) is 38.8 Å². The van der Waals surface area contributed by atoms with Crippen molar-refractivity contribution < 1.29 is 44.8 Å². The van der Waals surface area contributed by atoms with Crippen molar-refractivity contribution in [2.24, 2.45) is 0 Å². The highest BCUT2D eigenvalue weighted by molar-refractivity contribution is 4.93. The van der Waals surface area contributed by atoms with E-state index in [2.05, 4.69) is 24.5 Å². The molecule has 8 N–H and O–H groups in total. The highest BCUT2D eigenvalue weighted by atomic mass is 16.8. The van der Waals surface area contributed by atoms with Crippen LogP contribution in [0.5, 0.6) is 0 Å². The average Bonchev–Trinajstić information content (AvgIpc) is 3.07. The van der Waals surface area contributed by atoms with E-state index >= 15 is 0 Å². The monoisotopic (exact) mass is 677 g/mol. The van der Waals surface area contributed by atoms with E-state index in [1.165, 1.54) is 103 Å². The highest BCUT2D eigenvalue weighted by Crippen LogP contribution is 2.28. The first-order valence-electron chi connectivity index (χ1n) is 19.3. The molecule has 11 nitrogen and oxygen atoms in total. The first kappa shape index (κ1) is 42.7. The molecule has 280 valence electrons. The van der Waals surface area contributed by atoms with E-state index in [1.54, 1.807) is 0 Å². The molecule has 0 bridgehead atoms. The summed E-state index contributed by atoms with van der Waals surface area (Å²) in [5.41, 5.74) is 0. The van der Waals surface area contributed by atoms with Crippen LogP contribution in [0.25, 0.3) is 0 Å². The maximum atomic E-state index is 10.6. The number of hydrogen-bond donors (Lipinski definition) is 8. The minimum absolute atomic E-state index is 0.239. The summed E-state index contributed by atoms with van der Waals surface area (Å²) in [5, 5.41) is 69.8. The minimum Gasteiger partial charge on any atom is -0.388 e. The van der Waals surface area contributed by atoms with Crippen molar-refractivity contribution in [3.05, 3.63) is 0 Å². The fourth-order valence-corrected chi connectivity index (χ4v) is 6.49. The predicted molar refractivity (Wildman–Crippen MR) is 184 cm³/mol. The fraction of sp³-hybridized carbons (Fsp3) is 1.00. The number of ether oxygens (including phenoxy) is 3. The van der Waals surface area contributed by atoms with E-state index in [9.17, 15) is 30.6 Å². The van der Waals surface area contributed by atoms with Gasteiger partial charge in [0.05, 0.1) is 0 Å². The van der Waals surface area contributed by atoms with Crippen LogP contribution in [-0.4, -0.2) is 118 Å². The Morgan fingerprint density at radius 1 is 0.404 bits per heavy atom. The quantitative estimate of drug-likeness (QED) is 0.0569. The van der Waals surface area contributed by atoms with Gasteiger partial charge in [0.15, 0.2) is 12.6 Å². The maximum Gasteiger partial charge on any atom is 0.189 e. The van der Waals surface area contributed by atoms with Crippen LogP contribution in [-0.2, 0) is 14.2 Å². The molecule has 0 aromatic heterocycles. The summed E-state index contributed by atoms with van der Waals surface area (Å²) in [7, 11) is 0. The molecule has 0 spiro atoms. The normalized spacial score (nSPS) is 31.4. The Morgan fingerprint density at radius 3 is 1.02 bits per heavy atom. The van der Waals surface area contributed by atoms with Gasteiger partial charge in [-0.2, -0.15) is 0 Å². The first-order valence-corrected chi connectivity index (χ1v) is 19.3. The Hall–Kier alpha value is -0.440. The molecular formula is C36H72N2O9. The van der Waals surface area contributed by atoms with Gasteiger partial charge in [0, 0.05) is 13.1 Å². The van der Waals surface area contributed by atoms with Crippen molar-refractivity contribution in [2.45, 2.75) is 204 Å². The summed E-state index contributed by atoms with van der Waals surface area (Å²) in [5.74, 6) is 0. The molecule has 2 rings (SSSR count). The second kappa shape index (κ2) is 26.4. The molecule has 47 heavy (non-hydrogen) atoms. The predicted octanol–water partition coefficient (Wildman–Crippen LogP) is 3.64. The third kappa shape index (κ3) is 16.9. The van der Waals surface area contributed by atoms with Gasteiger partial charge in [0.1, 0.15) is 48.8 Å². The van der Waals surface area contributed by atoms with Gasteiger partial charge in [-0.05, 0) is 25.9 Å². The Kier molecular flexibility index (Phi) is 24.0. The van der Waals surface area contributed by atoms with Gasteiger partial charge in [-0.15, -0.1) is 0 Å². The molecule has 10 atom stereocenters. The largest absolute Gasteiger partial charge is 0.388 e. The van der Waals surface area contributed by atoms with E-state index < -0.39 is 61.4 Å². The first-order chi connectivity index (χ1) is 22.8. The number of aliphatic hydroxyl groups excluding tert-OH is 6. The molecule has 2 aliphatic heterocycles. The van der Waals surface area contributed by atoms with E-state index in [4.69, 9.17) is 14.2 Å². The van der Waals surface area contributed by atoms with Crippen LogP contribution in [0, 0.1) is 0 Å². The van der Waals surface area contributed by atoms with Gasteiger partial charge in [0.2, 0.25) is 0 Å². The van der Waals surface area contributed by atoms with Crippen LogP contribution in [0.1, 0.15) is 142 Å². The highest BCUT2D eigenvalue weighted by Gasteiger charge is 2.49. The SMILES string of the molecule is CCCCCCCCCCCCNC[C@H]1O[C@H](O[C@H]2O[C@H](CNCCCCCCCCCCCC)[C@@H](O)[C@H](O)[C@H]2O)[C@H](O)[C@@H](O)[C@@H]1O. The molecule has 2 heterocycles. The average molecular weight is 677 g/mol. The molecule has 2 aliphatic rings. The Balaban J connectivity index is 1.68. The minimum atomic E-state index is -1.60. The van der Waals surface area contributed by atoms with Crippen LogP contribution in [0.3, 0.4) is 0 Å². The topological polar surface area (TPSA) is 173 Å². The molecule has 0 aromatic carbocycles. The number of aliphatic hydroxyl groups is 6. The molecule has 2 saturated heterocycles. The lowest BCUT2D eigenvalue weighted by molar-refractivity contribution is -0.372. The smallest absolute Gasteiger partial charge is 0.189 e. The number of nitrogens with one attached hydrogen (secondary N) is 2. The second-order valence-corrected chi connectivity index (χ2v) is 13.9. The van der Waals surface area contributed by atoms with Crippen molar-refractivity contribution in [1.29, 1.82) is 0 Å². The lowest BCUT2D eigenvalue weighted by Crippen LogP contribution is -2.64. The van der Waals surface area contributed by atoms with Gasteiger partial charge in [0.25, 0.3) is 0 Å². The fourth-order valence-electron chi connectivity index (χ4n) is 6.49. The zero-order chi connectivity index (χ0) is 34.3. The van der Waals surface area contributed by atoms with Crippen molar-refractivity contribution >= 4 is 0 Å². The third-order valence-electron chi connectivity index (χ3n) is 9.71. The van der Waals surface area contributed by atoms with Crippen LogP contribution >= 0.6 is 0 Å². The lowest BCUT2D eigenvalue weighted by Gasteiger charge is -2.45. The summed E-state index contributed by atoms with van der Waals surface area (Å²) in [6.45, 7) is 6.41. The molecule has 0 unspecified atom stereocenters.